The molecule has 0 amide bonds. The van der Waals surface area contributed by atoms with Crippen LogP contribution >= 0.6 is 0 Å². The van der Waals surface area contributed by atoms with Crippen molar-refractivity contribution in [2.75, 3.05) is 17.8 Å². The van der Waals surface area contributed by atoms with Crippen LogP contribution in [-0.4, -0.2) is 42.0 Å². The first-order valence-corrected chi connectivity index (χ1v) is 7.18. The van der Waals surface area contributed by atoms with E-state index in [4.69, 9.17) is 5.11 Å². The molecule has 2 rings (SSSR count). The van der Waals surface area contributed by atoms with Crippen molar-refractivity contribution in [1.82, 2.24) is 4.31 Å². The van der Waals surface area contributed by atoms with Crippen LogP contribution in [0.5, 0.6) is 5.75 Å². The summed E-state index contributed by atoms with van der Waals surface area (Å²) in [5.74, 6) is -1.60. The number of rotatable bonds is 4. The van der Waals surface area contributed by atoms with Gasteiger partial charge in [0.1, 0.15) is 5.75 Å². The molecular formula is C11H14N2O5S. The second-order valence-corrected chi connectivity index (χ2v) is 5.92. The summed E-state index contributed by atoms with van der Waals surface area (Å²) in [5.41, 5.74) is -0.140. The number of aromatic hydroxyl groups is 1. The number of nitrogens with zero attached hydrogens (tertiary/aromatic N) is 1. The maximum atomic E-state index is 12.0. The second kappa shape index (κ2) is 5.06. The number of carboxylic acids is 1. The largest absolute Gasteiger partial charge is 0.506 e. The number of carbonyl (C=O) groups is 1. The van der Waals surface area contributed by atoms with Crippen molar-refractivity contribution in [3.63, 3.8) is 0 Å². The number of carboxylic acid groups (broad SMARTS) is 1. The maximum Gasteiger partial charge on any atom is 0.335 e. The van der Waals surface area contributed by atoms with Gasteiger partial charge in [0, 0.05) is 13.1 Å². The Morgan fingerprint density at radius 3 is 2.42 bits per heavy atom. The van der Waals surface area contributed by atoms with Crippen molar-refractivity contribution in [3.8, 4) is 5.75 Å². The van der Waals surface area contributed by atoms with Gasteiger partial charge in [0.15, 0.2) is 0 Å². The van der Waals surface area contributed by atoms with Crippen LogP contribution in [0.3, 0.4) is 0 Å². The van der Waals surface area contributed by atoms with Gasteiger partial charge in [0.25, 0.3) is 0 Å². The molecule has 0 saturated carbocycles. The molecule has 0 bridgehead atoms. The van der Waals surface area contributed by atoms with E-state index in [1.165, 1.54) is 16.4 Å². The van der Waals surface area contributed by atoms with E-state index in [2.05, 4.69) is 4.72 Å². The van der Waals surface area contributed by atoms with Gasteiger partial charge >= 0.3 is 16.2 Å². The highest BCUT2D eigenvalue weighted by atomic mass is 32.2. The summed E-state index contributed by atoms with van der Waals surface area (Å²) < 4.78 is 27.5. The van der Waals surface area contributed by atoms with Gasteiger partial charge < -0.3 is 10.2 Å². The van der Waals surface area contributed by atoms with Crippen LogP contribution in [0.2, 0.25) is 0 Å². The predicted molar refractivity (Wildman–Crippen MR) is 68.4 cm³/mol. The van der Waals surface area contributed by atoms with Crippen molar-refractivity contribution in [3.05, 3.63) is 23.8 Å². The summed E-state index contributed by atoms with van der Waals surface area (Å²) >= 11 is 0. The monoisotopic (exact) mass is 286 g/mol. The Labute approximate surface area is 110 Å². The van der Waals surface area contributed by atoms with Crippen LogP contribution < -0.4 is 4.72 Å². The Morgan fingerprint density at radius 2 is 1.89 bits per heavy atom. The van der Waals surface area contributed by atoms with Crippen LogP contribution in [0.15, 0.2) is 18.2 Å². The summed E-state index contributed by atoms with van der Waals surface area (Å²) in [6.45, 7) is 0.895. The molecular weight excluding hydrogens is 272 g/mol. The van der Waals surface area contributed by atoms with Gasteiger partial charge in [0.05, 0.1) is 11.3 Å². The molecule has 1 heterocycles. The van der Waals surface area contributed by atoms with Crippen molar-refractivity contribution in [1.29, 1.82) is 0 Å². The average Bonchev–Trinajstić information content (AvgIpc) is 2.85. The fraction of sp³-hybridized carbons (Fsp3) is 0.364. The minimum Gasteiger partial charge on any atom is -0.506 e. The van der Waals surface area contributed by atoms with Crippen LogP contribution in [0, 0.1) is 0 Å². The molecule has 8 heteroatoms. The standard InChI is InChI=1S/C11H14N2O5S/c14-10-7-8(11(15)16)3-4-9(10)12-19(17,18)13-5-1-2-6-13/h3-4,7,12,14H,1-2,5-6H2,(H,15,16). The van der Waals surface area contributed by atoms with E-state index in [0.29, 0.717) is 13.1 Å². The third-order valence-corrected chi connectivity index (χ3v) is 4.41. The Kier molecular flexibility index (Phi) is 3.63. The zero-order valence-corrected chi connectivity index (χ0v) is 10.9. The quantitative estimate of drug-likeness (QED) is 0.711. The molecule has 7 nitrogen and oxygen atoms in total. The van der Waals surface area contributed by atoms with Gasteiger partial charge in [-0.2, -0.15) is 12.7 Å². The van der Waals surface area contributed by atoms with E-state index in [0.717, 1.165) is 18.9 Å². The third-order valence-electron chi connectivity index (χ3n) is 2.89. The van der Waals surface area contributed by atoms with Gasteiger partial charge in [0.2, 0.25) is 0 Å². The van der Waals surface area contributed by atoms with Gasteiger partial charge in [-0.1, -0.05) is 0 Å². The molecule has 0 aliphatic carbocycles. The SMILES string of the molecule is O=C(O)c1ccc(NS(=O)(=O)N2CCCC2)c(O)c1. The van der Waals surface area contributed by atoms with Crippen LogP contribution in [0.4, 0.5) is 5.69 Å². The van der Waals surface area contributed by atoms with Crippen LogP contribution in [0.1, 0.15) is 23.2 Å². The number of phenolic OH excluding ortho intramolecular Hbond substituents is 1. The first kappa shape index (κ1) is 13.6. The summed E-state index contributed by atoms with van der Waals surface area (Å²) in [4.78, 5) is 10.7. The van der Waals surface area contributed by atoms with Gasteiger partial charge in [-0.05, 0) is 31.0 Å². The lowest BCUT2D eigenvalue weighted by Gasteiger charge is -2.17. The van der Waals surface area contributed by atoms with Crippen LogP contribution in [0.25, 0.3) is 0 Å². The van der Waals surface area contributed by atoms with E-state index in [1.807, 2.05) is 0 Å². The Morgan fingerprint density at radius 1 is 1.26 bits per heavy atom. The zero-order valence-electron chi connectivity index (χ0n) is 10.0. The first-order valence-electron chi connectivity index (χ1n) is 5.74. The fourth-order valence-electron chi connectivity index (χ4n) is 1.88. The van der Waals surface area contributed by atoms with Gasteiger partial charge in [-0.25, -0.2) is 4.79 Å². The van der Waals surface area contributed by atoms with Crippen molar-refractivity contribution in [2.24, 2.45) is 0 Å². The highest BCUT2D eigenvalue weighted by Crippen LogP contribution is 2.26. The number of phenols is 1. The predicted octanol–water partition coefficient (Wildman–Crippen LogP) is 0.843. The van der Waals surface area contributed by atoms with Crippen molar-refractivity contribution in [2.45, 2.75) is 12.8 Å². The van der Waals surface area contributed by atoms with E-state index in [9.17, 15) is 18.3 Å². The molecule has 104 valence electrons. The molecule has 0 radical (unpaired) electrons. The molecule has 0 aromatic heterocycles. The molecule has 0 unspecified atom stereocenters. The lowest BCUT2D eigenvalue weighted by Crippen LogP contribution is -2.33. The number of hydrogen-bond acceptors (Lipinski definition) is 4. The smallest absolute Gasteiger partial charge is 0.335 e. The second-order valence-electron chi connectivity index (χ2n) is 4.25. The number of hydrogen-bond donors (Lipinski definition) is 3. The average molecular weight is 286 g/mol. The van der Waals surface area contributed by atoms with E-state index in [1.54, 1.807) is 0 Å². The Balaban J connectivity index is 2.21. The first-order chi connectivity index (χ1) is 8.90. The minimum atomic E-state index is -3.69. The molecule has 1 aromatic rings. The van der Waals surface area contributed by atoms with Gasteiger partial charge in [-0.15, -0.1) is 0 Å². The molecule has 1 aliphatic heterocycles. The molecule has 1 saturated heterocycles. The number of anilines is 1. The van der Waals surface area contributed by atoms with E-state index < -0.39 is 21.9 Å². The normalized spacial score (nSPS) is 16.4. The zero-order chi connectivity index (χ0) is 14.0. The van der Waals surface area contributed by atoms with Crippen LogP contribution in [-0.2, 0) is 10.2 Å². The molecule has 1 aliphatic rings. The number of aromatic carboxylic acids is 1. The fourth-order valence-corrected chi connectivity index (χ4v) is 3.20. The lowest BCUT2D eigenvalue weighted by molar-refractivity contribution is 0.0696. The molecule has 0 spiro atoms. The summed E-state index contributed by atoms with van der Waals surface area (Å²) in [6.07, 6.45) is 1.62. The summed E-state index contributed by atoms with van der Waals surface area (Å²) in [5, 5.41) is 18.4. The molecule has 1 fully saturated rings. The molecule has 3 N–H and O–H groups in total. The van der Waals surface area contributed by atoms with Crippen molar-refractivity contribution < 1.29 is 23.4 Å². The molecule has 19 heavy (non-hydrogen) atoms. The summed E-state index contributed by atoms with van der Waals surface area (Å²) in [6, 6.07) is 3.46. The van der Waals surface area contributed by atoms with E-state index >= 15 is 0 Å². The Hall–Kier alpha value is -1.80. The van der Waals surface area contributed by atoms with Crippen molar-refractivity contribution >= 4 is 21.9 Å². The summed E-state index contributed by atoms with van der Waals surface area (Å²) in [7, 11) is -3.69. The Bertz CT molecular complexity index is 593. The number of nitrogens with one attached hydrogen (secondary N) is 1. The third kappa shape index (κ3) is 2.96. The topological polar surface area (TPSA) is 107 Å². The highest BCUT2D eigenvalue weighted by molar-refractivity contribution is 7.90. The van der Waals surface area contributed by atoms with E-state index in [-0.39, 0.29) is 11.3 Å². The number of benzene rings is 1. The highest BCUT2D eigenvalue weighted by Gasteiger charge is 2.26. The van der Waals surface area contributed by atoms with Gasteiger partial charge in [-0.3, -0.25) is 4.72 Å². The molecule has 1 aromatic carbocycles. The maximum absolute atomic E-state index is 12.0. The lowest BCUT2D eigenvalue weighted by atomic mass is 10.2. The minimum absolute atomic E-state index is 0.0306. The molecule has 0 atom stereocenters.